The molecule has 192 valence electrons. The molecule has 0 spiro atoms. The van der Waals surface area contributed by atoms with E-state index in [1.165, 1.54) is 0 Å². The van der Waals surface area contributed by atoms with Gasteiger partial charge in [0.2, 0.25) is 0 Å². The zero-order valence-electron chi connectivity index (χ0n) is 20.7. The third kappa shape index (κ3) is 7.81. The van der Waals surface area contributed by atoms with Crippen LogP contribution < -0.4 is 10.5 Å². The number of nitrogens with zero attached hydrogens (tertiary/aromatic N) is 1. The van der Waals surface area contributed by atoms with Crippen molar-refractivity contribution in [3.05, 3.63) is 130 Å². The fraction of sp³-hybridized carbons (Fsp3) is 0.226. The van der Waals surface area contributed by atoms with Crippen LogP contribution in [0.5, 0.6) is 5.75 Å². The van der Waals surface area contributed by atoms with Crippen LogP contribution in [0.2, 0.25) is 5.02 Å². The van der Waals surface area contributed by atoms with Gasteiger partial charge in [0.15, 0.2) is 0 Å². The van der Waals surface area contributed by atoms with Gasteiger partial charge in [-0.25, -0.2) is 0 Å². The molecule has 6 heteroatoms. The standard InChI is InChI=1S/C31H33ClN2O3/c32-27-13-7-12-26(18-27)30(36)20-34(19-23-8-3-1-4-9-23)28(21-35)16-25-14-15-31(29(33)17-25)37-22-24-10-5-2-6-11-24/h1-15,17-18,28,30,35-36H,16,19-22,33H2/t28-,30-/m0/s1. The Kier molecular flexibility index (Phi) is 9.58. The van der Waals surface area contributed by atoms with Crippen LogP contribution in [0.25, 0.3) is 0 Å². The molecule has 0 unspecified atom stereocenters. The Labute approximate surface area is 223 Å². The van der Waals surface area contributed by atoms with E-state index < -0.39 is 6.10 Å². The van der Waals surface area contributed by atoms with Crippen LogP contribution in [0, 0.1) is 0 Å². The predicted molar refractivity (Wildman–Crippen MR) is 149 cm³/mol. The van der Waals surface area contributed by atoms with Crippen LogP contribution in [0.15, 0.2) is 103 Å². The first kappa shape index (κ1) is 26.7. The summed E-state index contributed by atoms with van der Waals surface area (Å²) >= 11 is 6.15. The molecule has 4 aromatic rings. The summed E-state index contributed by atoms with van der Waals surface area (Å²) < 4.78 is 5.92. The molecule has 5 nitrogen and oxygen atoms in total. The fourth-order valence-electron chi connectivity index (χ4n) is 4.37. The minimum absolute atomic E-state index is 0.0682. The normalized spacial score (nSPS) is 12.9. The van der Waals surface area contributed by atoms with Crippen LogP contribution in [0.4, 0.5) is 5.69 Å². The number of anilines is 1. The summed E-state index contributed by atoms with van der Waals surface area (Å²) in [6.07, 6.45) is -0.190. The third-order valence-corrected chi connectivity index (χ3v) is 6.61. The lowest BCUT2D eigenvalue weighted by Gasteiger charge is -2.32. The third-order valence-electron chi connectivity index (χ3n) is 6.38. The van der Waals surface area contributed by atoms with E-state index in [9.17, 15) is 10.2 Å². The van der Waals surface area contributed by atoms with Gasteiger partial charge in [0.25, 0.3) is 0 Å². The second-order valence-electron chi connectivity index (χ2n) is 9.17. The van der Waals surface area contributed by atoms with E-state index >= 15 is 0 Å². The Hall–Kier alpha value is -3.35. The molecule has 4 aromatic carbocycles. The summed E-state index contributed by atoms with van der Waals surface area (Å²) in [7, 11) is 0. The van der Waals surface area contributed by atoms with Gasteiger partial charge < -0.3 is 20.7 Å². The lowest BCUT2D eigenvalue weighted by Crippen LogP contribution is -2.41. The Morgan fingerprint density at radius 3 is 2.16 bits per heavy atom. The minimum Gasteiger partial charge on any atom is -0.487 e. The van der Waals surface area contributed by atoms with Crippen molar-refractivity contribution in [3.8, 4) is 5.75 Å². The fourth-order valence-corrected chi connectivity index (χ4v) is 4.57. The average molecular weight is 517 g/mol. The van der Waals surface area contributed by atoms with Crippen LogP contribution in [0.1, 0.15) is 28.4 Å². The summed E-state index contributed by atoms with van der Waals surface area (Å²) in [5.41, 5.74) is 10.8. The van der Waals surface area contributed by atoms with Gasteiger partial charge in [0.05, 0.1) is 18.4 Å². The van der Waals surface area contributed by atoms with Gasteiger partial charge in [-0.3, -0.25) is 4.90 Å². The second-order valence-corrected chi connectivity index (χ2v) is 9.61. The average Bonchev–Trinajstić information content (AvgIpc) is 2.92. The lowest BCUT2D eigenvalue weighted by molar-refractivity contribution is 0.0566. The molecule has 4 rings (SSSR count). The molecule has 0 amide bonds. The number of ether oxygens (including phenoxy) is 1. The molecule has 37 heavy (non-hydrogen) atoms. The maximum atomic E-state index is 11.0. The van der Waals surface area contributed by atoms with Crippen molar-refractivity contribution in [1.82, 2.24) is 4.90 Å². The van der Waals surface area contributed by atoms with Crippen molar-refractivity contribution in [2.24, 2.45) is 0 Å². The lowest BCUT2D eigenvalue weighted by atomic mass is 10.0. The van der Waals surface area contributed by atoms with E-state index in [1.807, 2.05) is 91.0 Å². The molecule has 0 fully saturated rings. The number of aliphatic hydroxyl groups excluding tert-OH is 2. The second kappa shape index (κ2) is 13.3. The molecule has 0 aliphatic heterocycles. The van der Waals surface area contributed by atoms with Crippen LogP contribution in [0.3, 0.4) is 0 Å². The number of rotatable bonds is 12. The molecule has 0 radical (unpaired) electrons. The van der Waals surface area contributed by atoms with Crippen molar-refractivity contribution in [1.29, 1.82) is 0 Å². The number of nitrogen functional groups attached to an aromatic ring is 1. The Balaban J connectivity index is 1.49. The Bertz CT molecular complexity index is 1250. The topological polar surface area (TPSA) is 79.0 Å². The van der Waals surface area contributed by atoms with E-state index in [1.54, 1.807) is 12.1 Å². The number of hydrogen-bond acceptors (Lipinski definition) is 5. The number of hydrogen-bond donors (Lipinski definition) is 3. The van der Waals surface area contributed by atoms with Gasteiger partial charge in [0, 0.05) is 24.2 Å². The number of benzene rings is 4. The van der Waals surface area contributed by atoms with Crippen molar-refractivity contribution < 1.29 is 14.9 Å². The van der Waals surface area contributed by atoms with Crippen LogP contribution in [-0.2, 0) is 19.6 Å². The Morgan fingerprint density at radius 1 is 0.811 bits per heavy atom. The Morgan fingerprint density at radius 2 is 1.51 bits per heavy atom. The molecule has 0 saturated carbocycles. The van der Waals surface area contributed by atoms with Crippen molar-refractivity contribution >= 4 is 17.3 Å². The van der Waals surface area contributed by atoms with E-state index in [-0.39, 0.29) is 12.6 Å². The summed E-state index contributed by atoms with van der Waals surface area (Å²) in [4.78, 5) is 2.11. The molecule has 0 saturated heterocycles. The van der Waals surface area contributed by atoms with Gasteiger partial charge in [-0.1, -0.05) is 90.5 Å². The van der Waals surface area contributed by atoms with Gasteiger partial charge >= 0.3 is 0 Å². The van der Waals surface area contributed by atoms with Gasteiger partial charge in [-0.05, 0) is 52.9 Å². The van der Waals surface area contributed by atoms with Gasteiger partial charge in [-0.15, -0.1) is 0 Å². The first-order valence-corrected chi connectivity index (χ1v) is 12.8. The highest BCUT2D eigenvalue weighted by Crippen LogP contribution is 2.26. The molecule has 0 aromatic heterocycles. The molecule has 0 aliphatic carbocycles. The summed E-state index contributed by atoms with van der Waals surface area (Å²) in [6, 6.07) is 32.8. The van der Waals surface area contributed by atoms with E-state index in [2.05, 4.69) is 4.90 Å². The molecular weight excluding hydrogens is 484 g/mol. The monoisotopic (exact) mass is 516 g/mol. The van der Waals surface area contributed by atoms with Crippen molar-refractivity contribution in [3.63, 3.8) is 0 Å². The molecule has 0 bridgehead atoms. The van der Waals surface area contributed by atoms with E-state index in [4.69, 9.17) is 22.1 Å². The largest absolute Gasteiger partial charge is 0.487 e. The zero-order chi connectivity index (χ0) is 26.0. The van der Waals surface area contributed by atoms with Crippen LogP contribution >= 0.6 is 11.6 Å². The number of halogens is 1. The minimum atomic E-state index is -0.754. The first-order valence-electron chi connectivity index (χ1n) is 12.4. The highest BCUT2D eigenvalue weighted by atomic mass is 35.5. The zero-order valence-corrected chi connectivity index (χ0v) is 21.5. The molecule has 4 N–H and O–H groups in total. The summed E-state index contributed by atoms with van der Waals surface area (Å²) in [6.45, 7) is 1.29. The molecule has 2 atom stereocenters. The quantitative estimate of drug-likeness (QED) is 0.212. The predicted octanol–water partition coefficient (Wildman–Crippen LogP) is 5.64. The summed E-state index contributed by atoms with van der Waals surface area (Å²) in [5.74, 6) is 0.630. The van der Waals surface area contributed by atoms with E-state index in [0.29, 0.717) is 42.6 Å². The van der Waals surface area contributed by atoms with E-state index in [0.717, 1.165) is 22.3 Å². The molecule has 0 heterocycles. The maximum Gasteiger partial charge on any atom is 0.142 e. The van der Waals surface area contributed by atoms with Crippen LogP contribution in [-0.4, -0.2) is 34.3 Å². The first-order chi connectivity index (χ1) is 18.0. The van der Waals surface area contributed by atoms with Crippen molar-refractivity contribution in [2.45, 2.75) is 31.7 Å². The van der Waals surface area contributed by atoms with Crippen molar-refractivity contribution in [2.75, 3.05) is 18.9 Å². The highest BCUT2D eigenvalue weighted by molar-refractivity contribution is 6.30. The van der Waals surface area contributed by atoms with Gasteiger partial charge in [0.1, 0.15) is 12.4 Å². The highest BCUT2D eigenvalue weighted by Gasteiger charge is 2.23. The number of nitrogens with two attached hydrogens (primary N) is 1. The smallest absolute Gasteiger partial charge is 0.142 e. The van der Waals surface area contributed by atoms with Gasteiger partial charge in [-0.2, -0.15) is 0 Å². The number of aliphatic hydroxyl groups is 2. The maximum absolute atomic E-state index is 11.0. The molecular formula is C31H33ClN2O3. The SMILES string of the molecule is Nc1cc(C[C@@H](CO)N(Cc2ccccc2)C[C@H](O)c2cccc(Cl)c2)ccc1OCc1ccccc1. The molecule has 0 aliphatic rings. The summed E-state index contributed by atoms with van der Waals surface area (Å²) in [5, 5.41) is 22.0.